The molecule has 5 rings (SSSR count). The summed E-state index contributed by atoms with van der Waals surface area (Å²) in [5.41, 5.74) is 5.29. The number of benzene rings is 2. The van der Waals surface area contributed by atoms with E-state index in [1.165, 1.54) is 17.5 Å². The van der Waals surface area contributed by atoms with Gasteiger partial charge in [-0.25, -0.2) is 0 Å². The molecule has 2 aromatic carbocycles. The van der Waals surface area contributed by atoms with E-state index in [9.17, 15) is 0 Å². The van der Waals surface area contributed by atoms with E-state index in [4.69, 9.17) is 8.94 Å². The maximum absolute atomic E-state index is 6.06. The molecule has 2 heterocycles. The molecule has 6 nitrogen and oxygen atoms in total. The maximum Gasteiger partial charge on any atom is 0.253 e. The van der Waals surface area contributed by atoms with Crippen molar-refractivity contribution < 1.29 is 8.94 Å². The molecular formula is C24H24N4O2. The first kappa shape index (κ1) is 18.8. The lowest BCUT2D eigenvalue weighted by Gasteiger charge is -2.32. The molecule has 0 radical (unpaired) electrons. The monoisotopic (exact) mass is 400 g/mol. The summed E-state index contributed by atoms with van der Waals surface area (Å²) in [6.45, 7) is 2.46. The van der Waals surface area contributed by atoms with Gasteiger partial charge in [0.05, 0.1) is 6.54 Å². The van der Waals surface area contributed by atoms with E-state index in [0.29, 0.717) is 30.1 Å². The molecule has 0 unspecified atom stereocenters. The third kappa shape index (κ3) is 3.44. The molecule has 1 aliphatic rings. The van der Waals surface area contributed by atoms with Crippen LogP contribution in [0.2, 0.25) is 0 Å². The summed E-state index contributed by atoms with van der Waals surface area (Å²) in [4.78, 5) is 2.30. The van der Waals surface area contributed by atoms with Gasteiger partial charge in [0, 0.05) is 11.6 Å². The average Bonchev–Trinajstić information content (AvgIpc) is 3.40. The van der Waals surface area contributed by atoms with E-state index in [1.54, 1.807) is 0 Å². The van der Waals surface area contributed by atoms with Crippen molar-refractivity contribution in [3.05, 3.63) is 77.4 Å². The Labute approximate surface area is 175 Å². The van der Waals surface area contributed by atoms with Crippen molar-refractivity contribution in [2.24, 2.45) is 0 Å². The summed E-state index contributed by atoms with van der Waals surface area (Å²) in [6, 6.07) is 19.0. The molecule has 152 valence electrons. The van der Waals surface area contributed by atoms with Crippen LogP contribution in [0.3, 0.4) is 0 Å². The standard InChI is InChI=1S/C24H24N4O2/c1-16-22(23(27-30-16)18-10-4-3-5-11-18)24-26-25-21(29-24)15-28(2)20-14-8-12-17-9-6-7-13-19(17)20/h3-7,9-11,13,20H,8,12,14-15H2,1-2H3/t20-/m0/s1. The Morgan fingerprint density at radius 1 is 1.03 bits per heavy atom. The highest BCUT2D eigenvalue weighted by atomic mass is 16.5. The second-order valence-corrected chi connectivity index (χ2v) is 7.85. The summed E-state index contributed by atoms with van der Waals surface area (Å²) < 4.78 is 11.5. The van der Waals surface area contributed by atoms with E-state index in [2.05, 4.69) is 51.6 Å². The molecular weight excluding hydrogens is 376 g/mol. The zero-order valence-corrected chi connectivity index (χ0v) is 17.2. The van der Waals surface area contributed by atoms with Crippen LogP contribution in [-0.2, 0) is 13.0 Å². The van der Waals surface area contributed by atoms with Crippen LogP contribution in [0.5, 0.6) is 0 Å². The van der Waals surface area contributed by atoms with Gasteiger partial charge in [-0.15, -0.1) is 10.2 Å². The number of nitrogens with zero attached hydrogens (tertiary/aromatic N) is 4. The van der Waals surface area contributed by atoms with E-state index in [-0.39, 0.29) is 0 Å². The summed E-state index contributed by atoms with van der Waals surface area (Å²) in [6.07, 6.45) is 3.49. The largest absolute Gasteiger partial charge is 0.419 e. The van der Waals surface area contributed by atoms with E-state index < -0.39 is 0 Å². The van der Waals surface area contributed by atoms with Crippen LogP contribution < -0.4 is 0 Å². The molecule has 0 N–H and O–H groups in total. The Kier molecular flexibility index (Phi) is 4.93. The second-order valence-electron chi connectivity index (χ2n) is 7.85. The molecule has 0 spiro atoms. The molecule has 1 aliphatic carbocycles. The van der Waals surface area contributed by atoms with Crippen LogP contribution in [0.1, 0.15) is 41.7 Å². The van der Waals surface area contributed by atoms with Crippen molar-refractivity contribution >= 4 is 0 Å². The van der Waals surface area contributed by atoms with Gasteiger partial charge in [0.15, 0.2) is 0 Å². The molecule has 0 fully saturated rings. The van der Waals surface area contributed by atoms with Gasteiger partial charge in [0.25, 0.3) is 5.89 Å². The highest BCUT2D eigenvalue weighted by Gasteiger charge is 2.26. The Morgan fingerprint density at radius 3 is 2.70 bits per heavy atom. The zero-order chi connectivity index (χ0) is 20.5. The molecule has 0 bridgehead atoms. The summed E-state index contributed by atoms with van der Waals surface area (Å²) in [5.74, 6) is 1.70. The van der Waals surface area contributed by atoms with Gasteiger partial charge < -0.3 is 8.94 Å². The van der Waals surface area contributed by atoms with E-state index in [1.807, 2.05) is 37.3 Å². The van der Waals surface area contributed by atoms with Crippen LogP contribution in [0.25, 0.3) is 22.7 Å². The van der Waals surface area contributed by atoms with Gasteiger partial charge in [-0.2, -0.15) is 0 Å². The Bertz CT molecular complexity index is 1150. The first-order valence-corrected chi connectivity index (χ1v) is 10.3. The molecule has 30 heavy (non-hydrogen) atoms. The highest BCUT2D eigenvalue weighted by molar-refractivity contribution is 5.77. The van der Waals surface area contributed by atoms with Crippen molar-refractivity contribution in [2.75, 3.05) is 7.05 Å². The predicted octanol–water partition coefficient (Wildman–Crippen LogP) is 5.21. The van der Waals surface area contributed by atoms with Gasteiger partial charge >= 0.3 is 0 Å². The predicted molar refractivity (Wildman–Crippen MR) is 114 cm³/mol. The first-order valence-electron chi connectivity index (χ1n) is 10.3. The minimum absolute atomic E-state index is 0.363. The third-order valence-corrected chi connectivity index (χ3v) is 5.85. The number of hydrogen-bond donors (Lipinski definition) is 0. The topological polar surface area (TPSA) is 68.2 Å². The molecule has 2 aromatic heterocycles. The minimum Gasteiger partial charge on any atom is -0.419 e. The molecule has 0 aliphatic heterocycles. The van der Waals surface area contributed by atoms with Crippen molar-refractivity contribution in [1.82, 2.24) is 20.3 Å². The van der Waals surface area contributed by atoms with Gasteiger partial charge in [-0.1, -0.05) is 59.8 Å². The quantitative estimate of drug-likeness (QED) is 0.458. The number of rotatable bonds is 5. The van der Waals surface area contributed by atoms with Crippen molar-refractivity contribution in [3.63, 3.8) is 0 Å². The zero-order valence-electron chi connectivity index (χ0n) is 17.2. The number of aryl methyl sites for hydroxylation is 2. The fourth-order valence-electron chi connectivity index (χ4n) is 4.35. The van der Waals surface area contributed by atoms with Gasteiger partial charge in [-0.3, -0.25) is 4.90 Å². The Morgan fingerprint density at radius 2 is 1.83 bits per heavy atom. The van der Waals surface area contributed by atoms with Crippen molar-refractivity contribution in [2.45, 2.75) is 38.8 Å². The normalized spacial score (nSPS) is 16.0. The Hall–Kier alpha value is -3.25. The summed E-state index contributed by atoms with van der Waals surface area (Å²) in [5, 5.41) is 12.8. The van der Waals surface area contributed by atoms with Crippen LogP contribution in [0.15, 0.2) is 63.5 Å². The van der Waals surface area contributed by atoms with Gasteiger partial charge in [-0.05, 0) is 44.4 Å². The summed E-state index contributed by atoms with van der Waals surface area (Å²) in [7, 11) is 2.12. The fraction of sp³-hybridized carbons (Fsp3) is 0.292. The average molecular weight is 400 g/mol. The number of hydrogen-bond acceptors (Lipinski definition) is 6. The lowest BCUT2D eigenvalue weighted by Crippen LogP contribution is -2.27. The van der Waals surface area contributed by atoms with Crippen LogP contribution in [0.4, 0.5) is 0 Å². The van der Waals surface area contributed by atoms with Crippen molar-refractivity contribution in [3.8, 4) is 22.7 Å². The lowest BCUT2D eigenvalue weighted by molar-refractivity contribution is 0.195. The van der Waals surface area contributed by atoms with E-state index >= 15 is 0 Å². The molecule has 0 saturated carbocycles. The van der Waals surface area contributed by atoms with Crippen LogP contribution in [-0.4, -0.2) is 27.3 Å². The third-order valence-electron chi connectivity index (χ3n) is 5.85. The van der Waals surface area contributed by atoms with E-state index in [0.717, 1.165) is 29.7 Å². The SMILES string of the molecule is Cc1onc(-c2ccccc2)c1-c1nnc(CN(C)[C@H]2CCCc3ccccc32)o1. The van der Waals surface area contributed by atoms with Gasteiger partial charge in [0.2, 0.25) is 5.89 Å². The number of fused-ring (bicyclic) bond motifs is 1. The van der Waals surface area contributed by atoms with Gasteiger partial charge in [0.1, 0.15) is 17.0 Å². The maximum atomic E-state index is 6.06. The molecule has 6 heteroatoms. The smallest absolute Gasteiger partial charge is 0.253 e. The fourth-order valence-corrected chi connectivity index (χ4v) is 4.35. The van der Waals surface area contributed by atoms with Crippen molar-refractivity contribution in [1.29, 1.82) is 0 Å². The molecule has 0 saturated heterocycles. The summed E-state index contributed by atoms with van der Waals surface area (Å²) >= 11 is 0. The lowest BCUT2D eigenvalue weighted by atomic mass is 9.87. The molecule has 4 aromatic rings. The minimum atomic E-state index is 0.363. The molecule has 0 amide bonds. The highest BCUT2D eigenvalue weighted by Crippen LogP contribution is 2.36. The first-order chi connectivity index (χ1) is 14.7. The Balaban J connectivity index is 1.40. The van der Waals surface area contributed by atoms with Crippen LogP contribution in [0, 0.1) is 6.92 Å². The number of aromatic nitrogens is 3. The van der Waals surface area contributed by atoms with Crippen LogP contribution >= 0.6 is 0 Å². The second kappa shape index (κ2) is 7.88. The molecule has 1 atom stereocenters.